The second-order valence-electron chi connectivity index (χ2n) is 13.1. The molecule has 0 aromatic rings. The van der Waals surface area contributed by atoms with E-state index < -0.39 is 17.4 Å². The van der Waals surface area contributed by atoms with Gasteiger partial charge in [-0.2, -0.15) is 0 Å². The smallest absolute Gasteiger partial charge is 0.223 e. The van der Waals surface area contributed by atoms with Crippen LogP contribution in [0.1, 0.15) is 121 Å². The average molecular weight is 523 g/mol. The fourth-order valence-electron chi connectivity index (χ4n) is 4.10. The van der Waals surface area contributed by atoms with Crippen molar-refractivity contribution in [2.75, 3.05) is 13.1 Å². The van der Waals surface area contributed by atoms with Crippen LogP contribution in [-0.4, -0.2) is 53.2 Å². The summed E-state index contributed by atoms with van der Waals surface area (Å²) in [5.41, 5.74) is -0.506. The number of amides is 2. The van der Waals surface area contributed by atoms with E-state index in [1.54, 1.807) is 11.8 Å². The number of Topliss-reactive ketones (excluding diaryl/α,β-unsaturated/α-hetero) is 3. The molecular weight excluding hydrogens is 468 g/mol. The predicted molar refractivity (Wildman–Crippen MR) is 149 cm³/mol. The van der Waals surface area contributed by atoms with Crippen molar-refractivity contribution in [2.24, 2.45) is 22.7 Å². The lowest BCUT2D eigenvalue weighted by molar-refractivity contribution is -0.135. The van der Waals surface area contributed by atoms with Crippen molar-refractivity contribution in [1.82, 2.24) is 10.2 Å². The van der Waals surface area contributed by atoms with Crippen LogP contribution in [0.2, 0.25) is 0 Å². The number of nitrogens with zero attached hydrogens (tertiary/aromatic N) is 1. The van der Waals surface area contributed by atoms with Crippen molar-refractivity contribution in [2.45, 2.75) is 127 Å². The summed E-state index contributed by atoms with van der Waals surface area (Å²) in [5.74, 6) is -0.989. The van der Waals surface area contributed by atoms with E-state index in [9.17, 15) is 24.0 Å². The van der Waals surface area contributed by atoms with E-state index in [0.29, 0.717) is 13.0 Å². The molecule has 37 heavy (non-hydrogen) atoms. The SMILES string of the molecule is CCCCC(=O)CCC(=O)N(CCC(=O)N[C@H](C(=O)C[C@@H](C)C(=O)C(C)(C)C)C(C)C)CCC(C)(C)C. The summed E-state index contributed by atoms with van der Waals surface area (Å²) in [6.07, 6.45) is 3.59. The molecule has 0 aromatic heterocycles. The molecule has 2 atom stereocenters. The van der Waals surface area contributed by atoms with Crippen molar-refractivity contribution in [3.8, 4) is 0 Å². The maximum absolute atomic E-state index is 13.0. The number of unbranched alkanes of at least 4 members (excludes halogenated alkanes) is 1. The molecule has 2 amide bonds. The average Bonchev–Trinajstić information content (AvgIpc) is 2.77. The maximum Gasteiger partial charge on any atom is 0.223 e. The highest BCUT2D eigenvalue weighted by Crippen LogP contribution is 2.23. The lowest BCUT2D eigenvalue weighted by Gasteiger charge is -2.28. The van der Waals surface area contributed by atoms with Crippen LogP contribution in [0.5, 0.6) is 0 Å². The van der Waals surface area contributed by atoms with Crippen LogP contribution in [0.4, 0.5) is 0 Å². The first-order valence-corrected chi connectivity index (χ1v) is 14.0. The van der Waals surface area contributed by atoms with Gasteiger partial charge in [0.05, 0.1) is 6.04 Å². The van der Waals surface area contributed by atoms with Crippen molar-refractivity contribution >= 4 is 29.2 Å². The molecule has 7 heteroatoms. The standard InChI is InChI=1S/C30H54N2O5/c1-11-12-13-23(33)14-15-26(36)32(19-17-29(5,6)7)18-16-25(35)31-27(21(2)3)24(34)20-22(4)28(37)30(8,9)10/h21-22,27H,11-20H2,1-10H3,(H,31,35)/t22-,27+/m1/s1. The van der Waals surface area contributed by atoms with Gasteiger partial charge in [0.1, 0.15) is 11.6 Å². The summed E-state index contributed by atoms with van der Waals surface area (Å²) in [6.45, 7) is 20.1. The predicted octanol–water partition coefficient (Wildman–Crippen LogP) is 5.53. The molecule has 1 N–H and O–H groups in total. The Labute approximate surface area is 225 Å². The van der Waals surface area contributed by atoms with E-state index in [1.807, 2.05) is 41.5 Å². The highest BCUT2D eigenvalue weighted by Gasteiger charge is 2.32. The number of carbonyl (C=O) groups is 5. The number of ketones is 3. The molecule has 0 unspecified atom stereocenters. The summed E-state index contributed by atoms with van der Waals surface area (Å²) in [5, 5.41) is 2.85. The number of hydrogen-bond acceptors (Lipinski definition) is 5. The fourth-order valence-corrected chi connectivity index (χ4v) is 4.10. The number of hydrogen-bond donors (Lipinski definition) is 1. The first kappa shape index (κ1) is 35.0. The molecular formula is C30H54N2O5. The van der Waals surface area contributed by atoms with Gasteiger partial charge in [0, 0.05) is 56.5 Å². The van der Waals surface area contributed by atoms with E-state index in [4.69, 9.17) is 0 Å². The lowest BCUT2D eigenvalue weighted by Crippen LogP contribution is -2.46. The van der Waals surface area contributed by atoms with E-state index in [2.05, 4.69) is 26.1 Å². The first-order chi connectivity index (χ1) is 16.9. The molecule has 0 spiro atoms. The minimum atomic E-state index is -0.683. The van der Waals surface area contributed by atoms with E-state index in [1.165, 1.54) is 0 Å². The monoisotopic (exact) mass is 522 g/mol. The van der Waals surface area contributed by atoms with E-state index in [0.717, 1.165) is 19.3 Å². The van der Waals surface area contributed by atoms with Gasteiger partial charge >= 0.3 is 0 Å². The van der Waals surface area contributed by atoms with Crippen LogP contribution in [0.25, 0.3) is 0 Å². The molecule has 0 fully saturated rings. The third kappa shape index (κ3) is 15.1. The zero-order valence-electron chi connectivity index (χ0n) is 25.3. The number of nitrogens with one attached hydrogen (secondary N) is 1. The van der Waals surface area contributed by atoms with Crippen LogP contribution in [0, 0.1) is 22.7 Å². The summed E-state index contributed by atoms with van der Waals surface area (Å²) in [4.78, 5) is 65.0. The lowest BCUT2D eigenvalue weighted by atomic mass is 9.80. The van der Waals surface area contributed by atoms with Crippen LogP contribution in [0.15, 0.2) is 0 Å². The molecule has 0 rings (SSSR count). The fraction of sp³-hybridized carbons (Fsp3) is 0.833. The van der Waals surface area contributed by atoms with Gasteiger partial charge in [-0.3, -0.25) is 24.0 Å². The highest BCUT2D eigenvalue weighted by molar-refractivity contribution is 5.94. The van der Waals surface area contributed by atoms with Crippen molar-refractivity contribution in [1.29, 1.82) is 0 Å². The Bertz CT molecular complexity index is 774. The molecule has 0 radical (unpaired) electrons. The Balaban J connectivity index is 5.16. The molecule has 0 aromatic carbocycles. The van der Waals surface area contributed by atoms with E-state index >= 15 is 0 Å². The second kappa shape index (κ2) is 16.0. The van der Waals surface area contributed by atoms with Crippen molar-refractivity contribution < 1.29 is 24.0 Å². The Hall–Kier alpha value is -2.05. The van der Waals surface area contributed by atoms with Gasteiger partial charge in [-0.05, 0) is 24.2 Å². The zero-order chi connectivity index (χ0) is 29.0. The molecule has 7 nitrogen and oxygen atoms in total. The highest BCUT2D eigenvalue weighted by atomic mass is 16.2. The normalized spacial score (nSPS) is 13.7. The van der Waals surface area contributed by atoms with E-state index in [-0.39, 0.29) is 72.7 Å². The summed E-state index contributed by atoms with van der Waals surface area (Å²) in [7, 11) is 0. The van der Waals surface area contributed by atoms with Crippen LogP contribution < -0.4 is 5.32 Å². The topological polar surface area (TPSA) is 101 Å². The molecule has 0 bridgehead atoms. The van der Waals surface area contributed by atoms with Crippen LogP contribution in [-0.2, 0) is 24.0 Å². The minimum absolute atomic E-state index is 0.0219. The third-order valence-electron chi connectivity index (χ3n) is 6.54. The van der Waals surface area contributed by atoms with Crippen LogP contribution in [0.3, 0.4) is 0 Å². The molecule has 0 aliphatic heterocycles. The molecule has 0 aliphatic carbocycles. The second-order valence-corrected chi connectivity index (χ2v) is 13.1. The maximum atomic E-state index is 13.0. The Morgan fingerprint density at radius 2 is 1.41 bits per heavy atom. The minimum Gasteiger partial charge on any atom is -0.346 e. The van der Waals surface area contributed by atoms with Gasteiger partial charge in [-0.1, -0.05) is 75.7 Å². The van der Waals surface area contributed by atoms with Crippen molar-refractivity contribution in [3.05, 3.63) is 0 Å². The van der Waals surface area contributed by atoms with Gasteiger partial charge < -0.3 is 10.2 Å². The van der Waals surface area contributed by atoms with Gasteiger partial charge in [0.15, 0.2) is 5.78 Å². The van der Waals surface area contributed by atoms with Gasteiger partial charge in [-0.15, -0.1) is 0 Å². The molecule has 214 valence electrons. The quantitative estimate of drug-likeness (QED) is 0.271. The Morgan fingerprint density at radius 3 is 1.89 bits per heavy atom. The largest absolute Gasteiger partial charge is 0.346 e. The summed E-state index contributed by atoms with van der Waals surface area (Å²) in [6, 6.07) is -0.683. The number of rotatable bonds is 17. The molecule has 0 saturated heterocycles. The van der Waals surface area contributed by atoms with Crippen molar-refractivity contribution in [3.63, 3.8) is 0 Å². The molecule has 0 heterocycles. The first-order valence-electron chi connectivity index (χ1n) is 14.0. The molecule has 0 aliphatic rings. The zero-order valence-corrected chi connectivity index (χ0v) is 25.3. The Morgan fingerprint density at radius 1 is 0.811 bits per heavy atom. The molecule has 0 saturated carbocycles. The third-order valence-corrected chi connectivity index (χ3v) is 6.54. The van der Waals surface area contributed by atoms with Gasteiger partial charge in [0.2, 0.25) is 11.8 Å². The van der Waals surface area contributed by atoms with Gasteiger partial charge in [0.25, 0.3) is 0 Å². The Kier molecular flexibility index (Phi) is 15.1. The van der Waals surface area contributed by atoms with Gasteiger partial charge in [-0.25, -0.2) is 0 Å². The van der Waals surface area contributed by atoms with Crippen LogP contribution >= 0.6 is 0 Å². The summed E-state index contributed by atoms with van der Waals surface area (Å²) < 4.78 is 0. The summed E-state index contributed by atoms with van der Waals surface area (Å²) >= 11 is 0. The number of carbonyl (C=O) groups excluding carboxylic acids is 5.